The van der Waals surface area contributed by atoms with E-state index < -0.39 is 5.60 Å². The van der Waals surface area contributed by atoms with Gasteiger partial charge in [0.05, 0.1) is 5.60 Å². The quantitative estimate of drug-likeness (QED) is 0.725. The Morgan fingerprint density at radius 1 is 1.25 bits per heavy atom. The zero-order valence-electron chi connectivity index (χ0n) is 8.40. The van der Waals surface area contributed by atoms with E-state index in [0.29, 0.717) is 0 Å². The summed E-state index contributed by atoms with van der Waals surface area (Å²) >= 11 is 3.35. The molecule has 0 aromatic carbocycles. The fraction of sp³-hybridized carbons (Fsp3) is 0.600. The van der Waals surface area contributed by atoms with Gasteiger partial charge in [-0.05, 0) is 50.8 Å². The lowest BCUT2D eigenvalue weighted by Crippen LogP contribution is -2.21. The van der Waals surface area contributed by atoms with E-state index in [0.717, 1.165) is 15.6 Å². The Balaban J connectivity index is 4.99. The lowest BCUT2D eigenvalue weighted by atomic mass is 9.94. The van der Waals surface area contributed by atoms with Crippen molar-refractivity contribution in [1.29, 1.82) is 0 Å². The minimum atomic E-state index is -0.756. The highest BCUT2D eigenvalue weighted by Gasteiger charge is 2.18. The van der Waals surface area contributed by atoms with Gasteiger partial charge in [-0.15, -0.1) is 0 Å². The van der Waals surface area contributed by atoms with E-state index >= 15 is 0 Å². The predicted molar refractivity (Wildman–Crippen MR) is 57.4 cm³/mol. The zero-order valence-corrected chi connectivity index (χ0v) is 9.99. The normalized spacial score (nSPS) is 13.1. The third-order valence-corrected chi connectivity index (χ3v) is 1.77. The van der Waals surface area contributed by atoms with Crippen LogP contribution in [0.15, 0.2) is 21.7 Å². The molecule has 0 heterocycles. The Hall–Kier alpha value is -0.0800. The molecule has 0 aliphatic carbocycles. The molecule has 0 fully saturated rings. The molecule has 1 N–H and O–H groups in total. The van der Waals surface area contributed by atoms with Gasteiger partial charge in [-0.3, -0.25) is 0 Å². The van der Waals surface area contributed by atoms with Gasteiger partial charge in [-0.1, -0.05) is 21.5 Å². The topological polar surface area (TPSA) is 20.2 Å². The van der Waals surface area contributed by atoms with Gasteiger partial charge in [0.25, 0.3) is 0 Å². The van der Waals surface area contributed by atoms with Gasteiger partial charge in [-0.2, -0.15) is 0 Å². The molecule has 0 rings (SSSR count). The highest BCUT2D eigenvalue weighted by molar-refractivity contribution is 9.11. The largest absolute Gasteiger partial charge is 0.386 e. The van der Waals surface area contributed by atoms with Crippen LogP contribution in [0.3, 0.4) is 0 Å². The molecule has 0 aliphatic rings. The van der Waals surface area contributed by atoms with Gasteiger partial charge >= 0.3 is 0 Å². The number of halogens is 1. The fourth-order valence-electron chi connectivity index (χ4n) is 1.13. The summed E-state index contributed by atoms with van der Waals surface area (Å²) in [5.41, 5.74) is 1.35. The van der Waals surface area contributed by atoms with E-state index in [1.807, 2.05) is 26.8 Å². The molecule has 0 spiro atoms. The van der Waals surface area contributed by atoms with E-state index in [1.165, 1.54) is 0 Å². The molecular formula is C10H17BrO. The second kappa shape index (κ2) is 4.24. The smallest absolute Gasteiger partial charge is 0.0840 e. The zero-order chi connectivity index (χ0) is 9.94. The maximum Gasteiger partial charge on any atom is 0.0840 e. The molecule has 2 heteroatoms. The summed E-state index contributed by atoms with van der Waals surface area (Å²) in [5, 5.41) is 9.77. The van der Waals surface area contributed by atoms with Crippen molar-refractivity contribution >= 4 is 15.9 Å². The van der Waals surface area contributed by atoms with Gasteiger partial charge in [0, 0.05) is 0 Å². The number of aliphatic hydroxyl groups is 1. The summed E-state index contributed by atoms with van der Waals surface area (Å²) in [5.74, 6) is 0. The standard InChI is InChI=1S/C10H17BrO/c1-7(2)9(6-8(3)11)10(4,5)12/h6,12H,1-5H3/b8-6+. The summed E-state index contributed by atoms with van der Waals surface area (Å²) in [6.45, 7) is 9.54. The van der Waals surface area contributed by atoms with Crippen LogP contribution in [-0.2, 0) is 0 Å². The Kier molecular flexibility index (Phi) is 4.21. The molecule has 0 unspecified atom stereocenters. The Morgan fingerprint density at radius 3 is 1.75 bits per heavy atom. The van der Waals surface area contributed by atoms with Crippen molar-refractivity contribution in [2.45, 2.75) is 40.2 Å². The van der Waals surface area contributed by atoms with Crippen LogP contribution >= 0.6 is 15.9 Å². The van der Waals surface area contributed by atoms with E-state index in [4.69, 9.17) is 0 Å². The Morgan fingerprint density at radius 2 is 1.67 bits per heavy atom. The lowest BCUT2D eigenvalue weighted by Gasteiger charge is -2.21. The summed E-state index contributed by atoms with van der Waals surface area (Å²) in [6, 6.07) is 0. The Bertz CT molecular complexity index is 210. The van der Waals surface area contributed by atoms with Gasteiger partial charge in [0.2, 0.25) is 0 Å². The highest BCUT2D eigenvalue weighted by Crippen LogP contribution is 2.23. The first-order valence-corrected chi connectivity index (χ1v) is 4.78. The number of hydrogen-bond donors (Lipinski definition) is 1. The van der Waals surface area contributed by atoms with Crippen LogP contribution in [-0.4, -0.2) is 10.7 Å². The first kappa shape index (κ1) is 11.9. The second-order valence-corrected chi connectivity index (χ2v) is 4.95. The van der Waals surface area contributed by atoms with Gasteiger partial charge in [0.1, 0.15) is 0 Å². The molecular weight excluding hydrogens is 216 g/mol. The van der Waals surface area contributed by atoms with Crippen LogP contribution < -0.4 is 0 Å². The van der Waals surface area contributed by atoms with Crippen molar-refractivity contribution < 1.29 is 5.11 Å². The summed E-state index contributed by atoms with van der Waals surface area (Å²) in [4.78, 5) is 0. The van der Waals surface area contributed by atoms with Crippen LogP contribution in [0.4, 0.5) is 0 Å². The summed E-state index contributed by atoms with van der Waals surface area (Å²) in [7, 11) is 0. The number of rotatable bonds is 2. The maximum atomic E-state index is 9.77. The van der Waals surface area contributed by atoms with Crippen molar-refractivity contribution in [3.63, 3.8) is 0 Å². The van der Waals surface area contributed by atoms with Crippen LogP contribution in [0, 0.1) is 0 Å². The molecule has 0 saturated heterocycles. The fourth-order valence-corrected chi connectivity index (χ4v) is 1.36. The minimum absolute atomic E-state index is 0.756. The van der Waals surface area contributed by atoms with Gasteiger partial charge < -0.3 is 5.11 Å². The van der Waals surface area contributed by atoms with E-state index in [2.05, 4.69) is 15.9 Å². The number of allylic oxidation sites excluding steroid dienone is 2. The highest BCUT2D eigenvalue weighted by atomic mass is 79.9. The van der Waals surface area contributed by atoms with Crippen molar-refractivity contribution in [3.8, 4) is 0 Å². The molecule has 0 atom stereocenters. The molecule has 0 amide bonds. The molecule has 1 nitrogen and oxygen atoms in total. The monoisotopic (exact) mass is 232 g/mol. The average molecular weight is 233 g/mol. The third kappa shape index (κ3) is 4.07. The SMILES string of the molecule is CC(C)=C(/C=C(\C)Br)C(C)(C)O. The van der Waals surface area contributed by atoms with Crippen molar-refractivity contribution in [2.24, 2.45) is 0 Å². The van der Waals surface area contributed by atoms with Crippen molar-refractivity contribution in [3.05, 3.63) is 21.7 Å². The molecule has 70 valence electrons. The van der Waals surface area contributed by atoms with Crippen LogP contribution in [0.2, 0.25) is 0 Å². The van der Waals surface area contributed by atoms with E-state index in [1.54, 1.807) is 13.8 Å². The van der Waals surface area contributed by atoms with Gasteiger partial charge in [0.15, 0.2) is 0 Å². The average Bonchev–Trinajstić information content (AvgIpc) is 1.79. The lowest BCUT2D eigenvalue weighted by molar-refractivity contribution is 0.122. The summed E-state index contributed by atoms with van der Waals surface area (Å²) in [6.07, 6.45) is 1.95. The Labute approximate surface area is 83.3 Å². The molecule has 0 aliphatic heterocycles. The molecule has 0 bridgehead atoms. The maximum absolute atomic E-state index is 9.77. The van der Waals surface area contributed by atoms with E-state index in [-0.39, 0.29) is 0 Å². The first-order valence-electron chi connectivity index (χ1n) is 3.99. The minimum Gasteiger partial charge on any atom is -0.386 e. The van der Waals surface area contributed by atoms with Crippen LogP contribution in [0.5, 0.6) is 0 Å². The number of hydrogen-bond acceptors (Lipinski definition) is 1. The molecule has 0 radical (unpaired) electrons. The van der Waals surface area contributed by atoms with Gasteiger partial charge in [-0.25, -0.2) is 0 Å². The van der Waals surface area contributed by atoms with E-state index in [9.17, 15) is 5.11 Å². The summed E-state index contributed by atoms with van der Waals surface area (Å²) < 4.78 is 1.03. The van der Waals surface area contributed by atoms with Crippen molar-refractivity contribution in [2.75, 3.05) is 0 Å². The first-order chi connectivity index (χ1) is 5.25. The van der Waals surface area contributed by atoms with Crippen molar-refractivity contribution in [1.82, 2.24) is 0 Å². The third-order valence-electron chi connectivity index (χ3n) is 1.54. The predicted octanol–water partition coefficient (Wildman–Crippen LogP) is 3.39. The van der Waals surface area contributed by atoms with Crippen LogP contribution in [0.25, 0.3) is 0 Å². The second-order valence-electron chi connectivity index (χ2n) is 3.70. The van der Waals surface area contributed by atoms with Crippen LogP contribution in [0.1, 0.15) is 34.6 Å². The molecule has 12 heavy (non-hydrogen) atoms. The molecule has 0 aromatic rings. The molecule has 0 saturated carbocycles. The molecule has 0 aromatic heterocycles.